The van der Waals surface area contributed by atoms with Crippen molar-refractivity contribution in [3.63, 3.8) is 0 Å². The minimum absolute atomic E-state index is 0.0828. The lowest BCUT2D eigenvalue weighted by Gasteiger charge is -2.42. The summed E-state index contributed by atoms with van der Waals surface area (Å²) in [6, 6.07) is 0. The van der Waals surface area contributed by atoms with Crippen LogP contribution in [0.5, 0.6) is 0 Å². The van der Waals surface area contributed by atoms with Gasteiger partial charge in [-0.3, -0.25) is 4.79 Å². The Morgan fingerprint density at radius 2 is 1.47 bits per heavy atom. The first-order valence-electron chi connectivity index (χ1n) is 8.38. The van der Waals surface area contributed by atoms with Crippen molar-refractivity contribution in [3.05, 3.63) is 0 Å². The minimum Gasteiger partial charge on any atom is -0.299 e. The van der Waals surface area contributed by atoms with Crippen LogP contribution >= 0.6 is 22.1 Å². The van der Waals surface area contributed by atoms with Gasteiger partial charge in [0.1, 0.15) is 5.78 Å². The standard InChI is InChI=1S/C14H19F9O4S3/c1-2-3-4-10(24)9-29(7-5-28-6-8-29)27-30(25,26)14(22,23)12(17,18)11(15,16)13(19,20)21/h2-9H2,1H3. The maximum atomic E-state index is 14.0. The Labute approximate surface area is 172 Å². The molecule has 0 atom stereocenters. The molecule has 0 amide bonds. The highest BCUT2D eigenvalue weighted by molar-refractivity contribution is 8.34. The Hall–Kier alpha value is -0.350. The van der Waals surface area contributed by atoms with E-state index in [1.165, 1.54) is 11.8 Å². The number of unbranched alkanes of at least 4 members (excludes halogenated alkanes) is 1. The third-order valence-corrected chi connectivity index (χ3v) is 11.1. The summed E-state index contributed by atoms with van der Waals surface area (Å²) in [6.45, 7) is 1.72. The zero-order valence-corrected chi connectivity index (χ0v) is 17.9. The number of rotatable bonds is 10. The molecule has 1 fully saturated rings. The summed E-state index contributed by atoms with van der Waals surface area (Å²) in [7, 11) is -10.3. The van der Waals surface area contributed by atoms with Gasteiger partial charge in [0.05, 0.1) is 5.75 Å². The maximum Gasteiger partial charge on any atom is 0.460 e. The quantitative estimate of drug-likeness (QED) is 0.382. The van der Waals surface area contributed by atoms with E-state index in [0.29, 0.717) is 12.8 Å². The fraction of sp³-hybridized carbons (Fsp3) is 0.929. The second-order valence-corrected chi connectivity index (χ2v) is 12.7. The van der Waals surface area contributed by atoms with Crippen molar-refractivity contribution in [2.24, 2.45) is 0 Å². The molecule has 16 heteroatoms. The van der Waals surface area contributed by atoms with Crippen LogP contribution in [0.4, 0.5) is 39.5 Å². The zero-order valence-electron chi connectivity index (χ0n) is 15.4. The van der Waals surface area contributed by atoms with Crippen LogP contribution in [0, 0.1) is 0 Å². The number of hydrogen-bond donors (Lipinski definition) is 0. The Balaban J connectivity index is 3.30. The highest BCUT2D eigenvalue weighted by atomic mass is 32.3. The van der Waals surface area contributed by atoms with Gasteiger partial charge in [0, 0.05) is 29.4 Å². The molecule has 0 aromatic heterocycles. The summed E-state index contributed by atoms with van der Waals surface area (Å²) in [5.74, 6) is -16.4. The van der Waals surface area contributed by atoms with Crippen LogP contribution < -0.4 is 0 Å². The highest BCUT2D eigenvalue weighted by Gasteiger charge is 2.86. The summed E-state index contributed by atoms with van der Waals surface area (Å²) in [6.07, 6.45) is -6.32. The van der Waals surface area contributed by atoms with Crippen molar-refractivity contribution in [1.82, 2.24) is 0 Å². The molecular weight excluding hydrogens is 499 g/mol. The van der Waals surface area contributed by atoms with Gasteiger partial charge >= 0.3 is 33.4 Å². The number of ketones is 1. The van der Waals surface area contributed by atoms with Crippen molar-refractivity contribution in [1.29, 1.82) is 0 Å². The van der Waals surface area contributed by atoms with Crippen LogP contribution in [0.1, 0.15) is 26.2 Å². The lowest BCUT2D eigenvalue weighted by molar-refractivity contribution is -0.382. The third kappa shape index (κ3) is 5.34. The first-order valence-corrected chi connectivity index (χ1v) is 13.0. The SMILES string of the molecule is CCCCC(=O)CS1(OS(=O)(=O)C(F)(F)C(F)(F)C(F)(F)C(F)(F)F)CCSCC1. The highest BCUT2D eigenvalue weighted by Crippen LogP contribution is 2.60. The number of hydrogen-bond acceptors (Lipinski definition) is 5. The Morgan fingerprint density at radius 3 is 1.90 bits per heavy atom. The summed E-state index contributed by atoms with van der Waals surface area (Å²) in [5.41, 5.74) is 0. The molecule has 0 aromatic rings. The van der Waals surface area contributed by atoms with Crippen molar-refractivity contribution in [2.45, 2.75) is 49.5 Å². The molecule has 30 heavy (non-hydrogen) atoms. The second-order valence-electron chi connectivity index (χ2n) is 6.46. The fourth-order valence-electron chi connectivity index (χ4n) is 2.35. The smallest absolute Gasteiger partial charge is 0.299 e. The predicted molar refractivity (Wildman–Crippen MR) is 94.9 cm³/mol. The first kappa shape index (κ1) is 27.7. The monoisotopic (exact) mass is 518 g/mol. The molecule has 1 aliphatic heterocycles. The number of thioether (sulfide) groups is 1. The van der Waals surface area contributed by atoms with E-state index in [1.807, 2.05) is 0 Å². The van der Waals surface area contributed by atoms with E-state index in [2.05, 4.69) is 3.63 Å². The molecule has 0 aromatic carbocycles. The third-order valence-electron chi connectivity index (χ3n) is 4.10. The van der Waals surface area contributed by atoms with E-state index < -0.39 is 55.2 Å². The Bertz CT molecular complexity index is 717. The van der Waals surface area contributed by atoms with Gasteiger partial charge in [0.25, 0.3) is 0 Å². The van der Waals surface area contributed by atoms with Crippen molar-refractivity contribution >= 4 is 38.0 Å². The van der Waals surface area contributed by atoms with Gasteiger partial charge in [0.15, 0.2) is 0 Å². The molecule has 0 bridgehead atoms. The fourth-order valence-corrected chi connectivity index (χ4v) is 10.2. The number of alkyl halides is 9. The molecule has 180 valence electrons. The molecule has 0 radical (unpaired) electrons. The molecule has 1 heterocycles. The van der Waals surface area contributed by atoms with Crippen LogP contribution in [0.3, 0.4) is 0 Å². The van der Waals surface area contributed by atoms with Gasteiger partial charge in [-0.1, -0.05) is 13.3 Å². The van der Waals surface area contributed by atoms with Gasteiger partial charge in [-0.15, -0.1) is 10.3 Å². The first-order chi connectivity index (χ1) is 13.4. The molecule has 0 N–H and O–H groups in total. The van der Waals surface area contributed by atoms with Crippen molar-refractivity contribution < 1.29 is 56.4 Å². The van der Waals surface area contributed by atoms with E-state index in [9.17, 15) is 52.7 Å². The molecule has 1 rings (SSSR count). The van der Waals surface area contributed by atoms with Gasteiger partial charge < -0.3 is 0 Å². The number of halogens is 9. The number of carbonyl (C=O) groups is 1. The summed E-state index contributed by atoms with van der Waals surface area (Å²) < 4.78 is 146. The van der Waals surface area contributed by atoms with Crippen molar-refractivity contribution in [3.8, 4) is 0 Å². The molecule has 0 saturated carbocycles. The van der Waals surface area contributed by atoms with Gasteiger partial charge in [0.2, 0.25) is 0 Å². The van der Waals surface area contributed by atoms with E-state index in [1.54, 1.807) is 6.92 Å². The normalized spacial score (nSPS) is 20.1. The summed E-state index contributed by atoms with van der Waals surface area (Å²) >= 11 is 1.22. The predicted octanol–water partition coefficient (Wildman–Crippen LogP) is 4.98. The maximum absolute atomic E-state index is 14.0. The van der Waals surface area contributed by atoms with Crippen LogP contribution in [-0.4, -0.2) is 66.2 Å². The molecular formula is C14H19F9O4S3. The van der Waals surface area contributed by atoms with E-state index in [0.717, 1.165) is 0 Å². The van der Waals surface area contributed by atoms with E-state index in [-0.39, 0.29) is 29.4 Å². The molecule has 0 spiro atoms. The average Bonchev–Trinajstić information content (AvgIpc) is 2.58. The molecule has 0 unspecified atom stereocenters. The topological polar surface area (TPSA) is 60.4 Å². The number of Topliss-reactive ketones (excluding diaryl/α,β-unsaturated/α-hetero) is 1. The van der Waals surface area contributed by atoms with E-state index >= 15 is 0 Å². The number of carbonyl (C=O) groups excluding carboxylic acids is 1. The van der Waals surface area contributed by atoms with Crippen LogP contribution in [0.15, 0.2) is 0 Å². The molecule has 1 aliphatic rings. The Morgan fingerprint density at radius 1 is 0.967 bits per heavy atom. The van der Waals surface area contributed by atoms with Crippen LogP contribution in [0.25, 0.3) is 0 Å². The van der Waals surface area contributed by atoms with Gasteiger partial charge in [-0.2, -0.15) is 59.7 Å². The minimum atomic E-state index is -7.36. The second kappa shape index (κ2) is 9.25. The molecule has 1 saturated heterocycles. The van der Waals surface area contributed by atoms with Gasteiger partial charge in [-0.05, 0) is 6.42 Å². The summed E-state index contributed by atoms with van der Waals surface area (Å²) in [5, 5.41) is -6.91. The summed E-state index contributed by atoms with van der Waals surface area (Å²) in [4.78, 5) is 12.0. The van der Waals surface area contributed by atoms with E-state index in [4.69, 9.17) is 0 Å². The zero-order chi connectivity index (χ0) is 23.6. The average molecular weight is 518 g/mol. The van der Waals surface area contributed by atoms with Crippen molar-refractivity contribution in [2.75, 3.05) is 28.8 Å². The molecule has 4 nitrogen and oxygen atoms in total. The Kier molecular flexibility index (Phi) is 8.54. The lowest BCUT2D eigenvalue weighted by Crippen LogP contribution is -2.63. The largest absolute Gasteiger partial charge is 0.460 e. The lowest BCUT2D eigenvalue weighted by atomic mass is 10.1. The van der Waals surface area contributed by atoms with Crippen LogP contribution in [-0.2, 0) is 18.5 Å². The van der Waals surface area contributed by atoms with Crippen LogP contribution in [0.2, 0.25) is 0 Å². The van der Waals surface area contributed by atoms with Gasteiger partial charge in [-0.25, -0.2) is 3.63 Å². The molecule has 0 aliphatic carbocycles.